The summed E-state index contributed by atoms with van der Waals surface area (Å²) in [5, 5.41) is 10.9. The van der Waals surface area contributed by atoms with Gasteiger partial charge in [0, 0.05) is 11.4 Å². The summed E-state index contributed by atoms with van der Waals surface area (Å²) >= 11 is 5.52. The van der Waals surface area contributed by atoms with Crippen LogP contribution in [0, 0.1) is 16.2 Å². The van der Waals surface area contributed by atoms with Gasteiger partial charge in [0.1, 0.15) is 5.69 Å². The molecule has 0 atom stereocenters. The van der Waals surface area contributed by atoms with Gasteiger partial charge in [-0.05, 0) is 29.4 Å². The number of hydrogen-bond donors (Lipinski definition) is 0. The summed E-state index contributed by atoms with van der Waals surface area (Å²) in [6, 6.07) is 8.31. The molecule has 1 aromatic rings. The molecule has 0 spiro atoms. The first-order chi connectivity index (χ1) is 6.24. The molecule has 1 aromatic carbocycles. The standard InChI is InChI=1S/C6H4ClNO.C3H5N/c7-5-1-3-6(8-9)4-2-5;1-2-3-4/h1-4H;2H2,1H3. The van der Waals surface area contributed by atoms with E-state index < -0.39 is 0 Å². The number of rotatable bonds is 1. The number of nitrogens with zero attached hydrogens (tertiary/aromatic N) is 2. The summed E-state index contributed by atoms with van der Waals surface area (Å²) in [7, 11) is 0. The lowest BCUT2D eigenvalue weighted by Gasteiger charge is -1.86. The summed E-state index contributed by atoms with van der Waals surface area (Å²) in [6.45, 7) is 1.82. The second-order valence-corrected chi connectivity index (χ2v) is 2.52. The van der Waals surface area contributed by atoms with Gasteiger partial charge in [0.2, 0.25) is 0 Å². The van der Waals surface area contributed by atoms with Crippen molar-refractivity contribution in [2.45, 2.75) is 13.3 Å². The van der Waals surface area contributed by atoms with Crippen LogP contribution in [-0.4, -0.2) is 0 Å². The zero-order chi connectivity index (χ0) is 10.1. The fraction of sp³-hybridized carbons (Fsp3) is 0.222. The predicted octanol–water partition coefficient (Wildman–Crippen LogP) is 3.66. The number of benzene rings is 1. The van der Waals surface area contributed by atoms with Crippen molar-refractivity contribution in [2.24, 2.45) is 5.18 Å². The van der Waals surface area contributed by atoms with E-state index in [0.717, 1.165) is 0 Å². The van der Waals surface area contributed by atoms with Crippen molar-refractivity contribution < 1.29 is 0 Å². The van der Waals surface area contributed by atoms with E-state index in [9.17, 15) is 4.91 Å². The van der Waals surface area contributed by atoms with Crippen LogP contribution in [0.3, 0.4) is 0 Å². The average Bonchev–Trinajstić information content (AvgIpc) is 2.19. The summed E-state index contributed by atoms with van der Waals surface area (Å²) in [5.74, 6) is 0. The summed E-state index contributed by atoms with van der Waals surface area (Å²) in [4.78, 5) is 9.82. The Balaban J connectivity index is 0.000000310. The highest BCUT2D eigenvalue weighted by Crippen LogP contribution is 2.14. The molecular weight excluding hydrogens is 188 g/mol. The summed E-state index contributed by atoms with van der Waals surface area (Å²) in [5.41, 5.74) is 0.402. The molecular formula is C9H9ClN2O. The van der Waals surface area contributed by atoms with Crippen LogP contribution in [0.4, 0.5) is 5.69 Å². The second kappa shape index (κ2) is 7.26. The Kier molecular flexibility index (Phi) is 6.48. The van der Waals surface area contributed by atoms with Crippen molar-refractivity contribution in [2.75, 3.05) is 0 Å². The third kappa shape index (κ3) is 5.83. The van der Waals surface area contributed by atoms with Gasteiger partial charge in [0.25, 0.3) is 0 Å². The van der Waals surface area contributed by atoms with E-state index in [0.29, 0.717) is 17.1 Å². The molecule has 68 valence electrons. The fourth-order valence-electron chi connectivity index (χ4n) is 0.502. The quantitative estimate of drug-likeness (QED) is 0.644. The molecule has 0 bridgehead atoms. The van der Waals surface area contributed by atoms with Gasteiger partial charge in [-0.15, -0.1) is 4.91 Å². The molecule has 4 heteroatoms. The third-order valence-corrected chi connectivity index (χ3v) is 1.34. The molecule has 0 N–H and O–H groups in total. The predicted molar refractivity (Wildman–Crippen MR) is 52.8 cm³/mol. The Labute approximate surface area is 81.9 Å². The Hall–Kier alpha value is -1.40. The number of nitroso groups, excluding NO2 is 1. The SMILES string of the molecule is CCC#N.O=Nc1ccc(Cl)cc1. The van der Waals surface area contributed by atoms with Crippen molar-refractivity contribution in [3.05, 3.63) is 34.2 Å². The van der Waals surface area contributed by atoms with Crippen LogP contribution in [0.2, 0.25) is 5.02 Å². The molecule has 0 aliphatic rings. The Morgan fingerprint density at radius 1 is 1.46 bits per heavy atom. The Bertz CT molecular complexity index is 289. The van der Waals surface area contributed by atoms with Gasteiger partial charge in [-0.2, -0.15) is 5.26 Å². The van der Waals surface area contributed by atoms with Gasteiger partial charge in [0.15, 0.2) is 0 Å². The van der Waals surface area contributed by atoms with E-state index in [2.05, 4.69) is 5.18 Å². The smallest absolute Gasteiger partial charge is 0.108 e. The first kappa shape index (κ1) is 11.6. The van der Waals surface area contributed by atoms with E-state index in [1.807, 2.05) is 13.0 Å². The maximum absolute atomic E-state index is 9.82. The largest absolute Gasteiger partial charge is 0.198 e. The molecule has 0 unspecified atom stereocenters. The van der Waals surface area contributed by atoms with Crippen LogP contribution < -0.4 is 0 Å². The molecule has 3 nitrogen and oxygen atoms in total. The minimum absolute atomic E-state index is 0.402. The lowest BCUT2D eigenvalue weighted by atomic mass is 10.3. The maximum Gasteiger partial charge on any atom is 0.108 e. The molecule has 0 aromatic heterocycles. The number of hydrogen-bond acceptors (Lipinski definition) is 3. The lowest BCUT2D eigenvalue weighted by molar-refractivity contribution is 1.22. The van der Waals surface area contributed by atoms with Crippen LogP contribution in [0.15, 0.2) is 29.4 Å². The monoisotopic (exact) mass is 196 g/mol. The number of nitriles is 1. The van der Waals surface area contributed by atoms with E-state index in [4.69, 9.17) is 16.9 Å². The first-order valence-electron chi connectivity index (χ1n) is 3.70. The van der Waals surface area contributed by atoms with Crippen molar-refractivity contribution in [1.29, 1.82) is 5.26 Å². The molecule has 0 fully saturated rings. The normalized spacial score (nSPS) is 7.77. The van der Waals surface area contributed by atoms with Gasteiger partial charge < -0.3 is 0 Å². The lowest BCUT2D eigenvalue weighted by Crippen LogP contribution is -1.61. The van der Waals surface area contributed by atoms with Gasteiger partial charge in [0.05, 0.1) is 6.07 Å². The first-order valence-corrected chi connectivity index (χ1v) is 4.08. The summed E-state index contributed by atoms with van der Waals surface area (Å²) < 4.78 is 0. The zero-order valence-corrected chi connectivity index (χ0v) is 7.95. The van der Waals surface area contributed by atoms with E-state index in [1.54, 1.807) is 24.3 Å². The fourth-order valence-corrected chi connectivity index (χ4v) is 0.628. The minimum Gasteiger partial charge on any atom is -0.198 e. The summed E-state index contributed by atoms with van der Waals surface area (Å²) in [6.07, 6.45) is 0.625. The molecule has 0 amide bonds. The molecule has 13 heavy (non-hydrogen) atoms. The maximum atomic E-state index is 9.82. The molecule has 0 aliphatic carbocycles. The van der Waals surface area contributed by atoms with Crippen molar-refractivity contribution in [3.8, 4) is 6.07 Å². The van der Waals surface area contributed by atoms with Crippen molar-refractivity contribution in [1.82, 2.24) is 0 Å². The van der Waals surface area contributed by atoms with E-state index in [1.165, 1.54) is 0 Å². The van der Waals surface area contributed by atoms with Crippen molar-refractivity contribution >= 4 is 17.3 Å². The van der Waals surface area contributed by atoms with Gasteiger partial charge in [-0.25, -0.2) is 0 Å². The van der Waals surface area contributed by atoms with Gasteiger partial charge in [-0.1, -0.05) is 18.5 Å². The molecule has 0 aliphatic heterocycles. The molecule has 1 rings (SSSR count). The van der Waals surface area contributed by atoms with Crippen molar-refractivity contribution in [3.63, 3.8) is 0 Å². The highest BCUT2D eigenvalue weighted by Gasteiger charge is 1.87. The van der Waals surface area contributed by atoms with Crippen LogP contribution in [0.25, 0.3) is 0 Å². The minimum atomic E-state index is 0.402. The van der Waals surface area contributed by atoms with Crippen LogP contribution >= 0.6 is 11.6 Å². The molecule has 0 saturated carbocycles. The highest BCUT2D eigenvalue weighted by atomic mass is 35.5. The topological polar surface area (TPSA) is 53.2 Å². The van der Waals surface area contributed by atoms with E-state index >= 15 is 0 Å². The second-order valence-electron chi connectivity index (χ2n) is 2.08. The molecule has 0 radical (unpaired) electrons. The van der Waals surface area contributed by atoms with Crippen LogP contribution in [0.5, 0.6) is 0 Å². The van der Waals surface area contributed by atoms with Crippen LogP contribution in [0.1, 0.15) is 13.3 Å². The van der Waals surface area contributed by atoms with Gasteiger partial charge >= 0.3 is 0 Å². The third-order valence-electron chi connectivity index (χ3n) is 1.09. The molecule has 0 saturated heterocycles. The Morgan fingerprint density at radius 2 is 1.92 bits per heavy atom. The van der Waals surface area contributed by atoms with E-state index in [-0.39, 0.29) is 0 Å². The van der Waals surface area contributed by atoms with Gasteiger partial charge in [-0.3, -0.25) is 0 Å². The average molecular weight is 197 g/mol. The Morgan fingerprint density at radius 3 is 2.23 bits per heavy atom. The molecule has 0 heterocycles. The zero-order valence-electron chi connectivity index (χ0n) is 7.20. The highest BCUT2D eigenvalue weighted by molar-refractivity contribution is 6.30. The number of halogens is 1. The van der Waals surface area contributed by atoms with Crippen LogP contribution in [-0.2, 0) is 0 Å².